The van der Waals surface area contributed by atoms with Crippen molar-refractivity contribution in [2.45, 2.75) is 13.8 Å². The average molecular weight is 240 g/mol. The SMILES string of the molecule is CC(C)C(=Cc1cccc([N+](=O)[O-])c1)CCl. The summed E-state index contributed by atoms with van der Waals surface area (Å²) in [5, 5.41) is 10.6. The van der Waals surface area contributed by atoms with Gasteiger partial charge < -0.3 is 0 Å². The molecule has 3 nitrogen and oxygen atoms in total. The second kappa shape index (κ2) is 5.66. The molecule has 0 heterocycles. The Morgan fingerprint density at radius 3 is 2.75 bits per heavy atom. The van der Waals surface area contributed by atoms with Gasteiger partial charge in [0.05, 0.1) is 4.92 Å². The van der Waals surface area contributed by atoms with Gasteiger partial charge in [0, 0.05) is 18.0 Å². The van der Waals surface area contributed by atoms with Crippen molar-refractivity contribution in [3.63, 3.8) is 0 Å². The van der Waals surface area contributed by atoms with Crippen LogP contribution < -0.4 is 0 Å². The zero-order chi connectivity index (χ0) is 12.1. The second-order valence-electron chi connectivity index (χ2n) is 3.86. The summed E-state index contributed by atoms with van der Waals surface area (Å²) in [4.78, 5) is 10.2. The molecule has 0 radical (unpaired) electrons. The summed E-state index contributed by atoms with van der Waals surface area (Å²) in [6.07, 6.45) is 1.91. The standard InChI is InChI=1S/C12H14ClNO2/c1-9(2)11(8-13)6-10-4-3-5-12(7-10)14(15)16/h3-7,9H,8H2,1-2H3. The maximum Gasteiger partial charge on any atom is 0.270 e. The van der Waals surface area contributed by atoms with Crippen LogP contribution in [-0.2, 0) is 0 Å². The maximum atomic E-state index is 10.6. The molecule has 0 atom stereocenters. The minimum absolute atomic E-state index is 0.103. The van der Waals surface area contributed by atoms with Crippen molar-refractivity contribution < 1.29 is 4.92 Å². The van der Waals surface area contributed by atoms with Crippen LogP contribution in [0.15, 0.2) is 29.8 Å². The number of nitro benzene ring substituents is 1. The number of non-ortho nitro benzene ring substituents is 1. The Kier molecular flexibility index (Phi) is 4.50. The molecule has 0 unspecified atom stereocenters. The van der Waals surface area contributed by atoms with Crippen molar-refractivity contribution >= 4 is 23.4 Å². The highest BCUT2D eigenvalue weighted by atomic mass is 35.5. The Bertz CT molecular complexity index is 413. The van der Waals surface area contributed by atoms with Gasteiger partial charge in [-0.25, -0.2) is 0 Å². The fourth-order valence-electron chi connectivity index (χ4n) is 1.30. The molecule has 1 aromatic carbocycles. The summed E-state index contributed by atoms with van der Waals surface area (Å²) in [5.41, 5.74) is 1.99. The molecule has 0 spiro atoms. The van der Waals surface area contributed by atoms with Crippen LogP contribution in [-0.4, -0.2) is 10.8 Å². The molecular formula is C12H14ClNO2. The van der Waals surface area contributed by atoms with Gasteiger partial charge in [-0.05, 0) is 11.5 Å². The monoisotopic (exact) mass is 239 g/mol. The molecule has 0 aliphatic rings. The van der Waals surface area contributed by atoms with Crippen LogP contribution >= 0.6 is 11.6 Å². The maximum absolute atomic E-state index is 10.6. The van der Waals surface area contributed by atoms with E-state index in [-0.39, 0.29) is 5.69 Å². The first-order valence-corrected chi connectivity index (χ1v) is 5.59. The van der Waals surface area contributed by atoms with Gasteiger partial charge >= 0.3 is 0 Å². The van der Waals surface area contributed by atoms with Gasteiger partial charge in [0.2, 0.25) is 0 Å². The van der Waals surface area contributed by atoms with E-state index in [1.807, 2.05) is 26.0 Å². The molecule has 1 rings (SSSR count). The van der Waals surface area contributed by atoms with Gasteiger partial charge in [-0.3, -0.25) is 10.1 Å². The normalized spacial score (nSPS) is 11.9. The Morgan fingerprint density at radius 2 is 2.25 bits per heavy atom. The first-order chi connectivity index (χ1) is 7.54. The summed E-state index contributed by atoms with van der Waals surface area (Å²) < 4.78 is 0. The lowest BCUT2D eigenvalue weighted by Crippen LogP contribution is -1.95. The number of nitrogens with zero attached hydrogens (tertiary/aromatic N) is 1. The summed E-state index contributed by atoms with van der Waals surface area (Å²) in [6.45, 7) is 4.09. The predicted molar refractivity (Wildman–Crippen MR) is 66.6 cm³/mol. The molecule has 0 aliphatic heterocycles. The number of halogens is 1. The Balaban J connectivity index is 3.05. The summed E-state index contributed by atoms with van der Waals surface area (Å²) >= 11 is 5.81. The van der Waals surface area contributed by atoms with E-state index in [1.54, 1.807) is 12.1 Å². The summed E-state index contributed by atoms with van der Waals surface area (Å²) in [5.74, 6) is 0.789. The van der Waals surface area contributed by atoms with Gasteiger partial charge in [0.25, 0.3) is 5.69 Å². The van der Waals surface area contributed by atoms with E-state index in [0.717, 1.165) is 11.1 Å². The number of hydrogen-bond acceptors (Lipinski definition) is 2. The molecule has 4 heteroatoms. The zero-order valence-electron chi connectivity index (χ0n) is 9.31. The fourth-order valence-corrected chi connectivity index (χ4v) is 1.69. The highest BCUT2D eigenvalue weighted by Crippen LogP contribution is 2.19. The quantitative estimate of drug-likeness (QED) is 0.455. The van der Waals surface area contributed by atoms with Crippen molar-refractivity contribution in [1.82, 2.24) is 0 Å². The largest absolute Gasteiger partial charge is 0.270 e. The molecule has 0 aliphatic carbocycles. The molecule has 0 bridgehead atoms. The van der Waals surface area contributed by atoms with Crippen molar-refractivity contribution in [3.05, 3.63) is 45.5 Å². The highest BCUT2D eigenvalue weighted by Gasteiger charge is 2.06. The van der Waals surface area contributed by atoms with E-state index in [9.17, 15) is 10.1 Å². The van der Waals surface area contributed by atoms with Gasteiger partial charge in [0.15, 0.2) is 0 Å². The van der Waals surface area contributed by atoms with E-state index < -0.39 is 4.92 Å². The van der Waals surface area contributed by atoms with Crippen LogP contribution in [0.25, 0.3) is 6.08 Å². The molecule has 0 N–H and O–H groups in total. The molecule has 16 heavy (non-hydrogen) atoms. The second-order valence-corrected chi connectivity index (χ2v) is 4.13. The molecular weight excluding hydrogens is 226 g/mol. The molecule has 1 aromatic rings. The molecule has 0 aromatic heterocycles. The van der Waals surface area contributed by atoms with Crippen molar-refractivity contribution in [2.24, 2.45) is 5.92 Å². The average Bonchev–Trinajstić information content (AvgIpc) is 2.25. The first kappa shape index (κ1) is 12.7. The van der Waals surface area contributed by atoms with Crippen LogP contribution in [0.5, 0.6) is 0 Å². The van der Waals surface area contributed by atoms with Crippen molar-refractivity contribution in [3.8, 4) is 0 Å². The van der Waals surface area contributed by atoms with Gasteiger partial charge in [0.1, 0.15) is 0 Å². The van der Waals surface area contributed by atoms with E-state index >= 15 is 0 Å². The molecule has 0 saturated heterocycles. The van der Waals surface area contributed by atoms with Crippen LogP contribution in [0, 0.1) is 16.0 Å². The minimum atomic E-state index is -0.396. The van der Waals surface area contributed by atoms with E-state index in [2.05, 4.69) is 0 Å². The summed E-state index contributed by atoms with van der Waals surface area (Å²) in [7, 11) is 0. The zero-order valence-corrected chi connectivity index (χ0v) is 10.1. The highest BCUT2D eigenvalue weighted by molar-refractivity contribution is 6.19. The topological polar surface area (TPSA) is 43.1 Å². The lowest BCUT2D eigenvalue weighted by Gasteiger charge is -2.07. The van der Waals surface area contributed by atoms with Crippen LogP contribution in [0.3, 0.4) is 0 Å². The van der Waals surface area contributed by atoms with Crippen LogP contribution in [0.2, 0.25) is 0 Å². The number of allylic oxidation sites excluding steroid dienone is 1. The van der Waals surface area contributed by atoms with E-state index in [0.29, 0.717) is 11.8 Å². The number of nitro groups is 1. The molecule has 0 fully saturated rings. The lowest BCUT2D eigenvalue weighted by molar-refractivity contribution is -0.384. The summed E-state index contributed by atoms with van der Waals surface area (Å²) in [6, 6.07) is 6.54. The fraction of sp³-hybridized carbons (Fsp3) is 0.333. The lowest BCUT2D eigenvalue weighted by atomic mass is 10.0. The number of hydrogen-bond donors (Lipinski definition) is 0. The number of rotatable bonds is 4. The van der Waals surface area contributed by atoms with Gasteiger partial charge in [-0.1, -0.05) is 37.6 Å². The Morgan fingerprint density at radius 1 is 1.56 bits per heavy atom. The van der Waals surface area contributed by atoms with Gasteiger partial charge in [-0.15, -0.1) is 11.6 Å². The van der Waals surface area contributed by atoms with Crippen LogP contribution in [0.4, 0.5) is 5.69 Å². The van der Waals surface area contributed by atoms with E-state index in [4.69, 9.17) is 11.6 Å². The Hall–Kier alpha value is -1.35. The number of alkyl halides is 1. The van der Waals surface area contributed by atoms with Crippen LogP contribution in [0.1, 0.15) is 19.4 Å². The molecule has 0 amide bonds. The first-order valence-electron chi connectivity index (χ1n) is 5.05. The minimum Gasteiger partial charge on any atom is -0.258 e. The predicted octanol–water partition coefficient (Wildman–Crippen LogP) is 3.87. The Labute approximate surface area is 99.9 Å². The third-order valence-corrected chi connectivity index (χ3v) is 2.64. The molecule has 0 saturated carbocycles. The van der Waals surface area contributed by atoms with Crippen molar-refractivity contribution in [1.29, 1.82) is 0 Å². The van der Waals surface area contributed by atoms with E-state index in [1.165, 1.54) is 6.07 Å². The third kappa shape index (κ3) is 3.35. The number of benzene rings is 1. The van der Waals surface area contributed by atoms with Crippen molar-refractivity contribution in [2.75, 3.05) is 5.88 Å². The smallest absolute Gasteiger partial charge is 0.258 e. The molecule has 86 valence electrons. The third-order valence-electron chi connectivity index (χ3n) is 2.33. The van der Waals surface area contributed by atoms with Gasteiger partial charge in [-0.2, -0.15) is 0 Å².